The highest BCUT2D eigenvalue weighted by Gasteiger charge is 2.33. The van der Waals surface area contributed by atoms with Gasteiger partial charge in [-0.05, 0) is 12.1 Å². The zero-order chi connectivity index (χ0) is 18.4. The Morgan fingerprint density at radius 2 is 2.04 bits per heavy atom. The van der Waals surface area contributed by atoms with E-state index in [0.29, 0.717) is 6.07 Å². The van der Waals surface area contributed by atoms with Crippen LogP contribution in [0, 0.1) is 0 Å². The standard InChI is InChI=1S/C15H9ClF3N3O3/c1-22-13(10(16)6-20-22)14(24)21-7-2-3-8-9(15(17,18)19)5-12(23)25-11(8)4-7/h2-6H,1H3,(H,21,24). The maximum Gasteiger partial charge on any atom is 0.417 e. The van der Waals surface area contributed by atoms with Crippen LogP contribution in [0.25, 0.3) is 11.0 Å². The molecule has 0 bridgehead atoms. The average molecular weight is 372 g/mol. The van der Waals surface area contributed by atoms with Gasteiger partial charge in [0.05, 0.1) is 16.8 Å². The third-order valence-corrected chi connectivity index (χ3v) is 3.69. The molecule has 0 fully saturated rings. The van der Waals surface area contributed by atoms with Crippen molar-refractivity contribution < 1.29 is 22.4 Å². The summed E-state index contributed by atoms with van der Waals surface area (Å²) in [6.45, 7) is 0. The summed E-state index contributed by atoms with van der Waals surface area (Å²) < 4.78 is 45.1. The van der Waals surface area contributed by atoms with Gasteiger partial charge < -0.3 is 9.73 Å². The number of nitrogens with one attached hydrogen (secondary N) is 1. The molecule has 0 spiro atoms. The fraction of sp³-hybridized carbons (Fsp3) is 0.133. The van der Waals surface area contributed by atoms with E-state index in [0.717, 1.165) is 12.1 Å². The molecular formula is C15H9ClF3N3O3. The van der Waals surface area contributed by atoms with Crippen LogP contribution in [0.3, 0.4) is 0 Å². The van der Waals surface area contributed by atoms with Gasteiger partial charge in [-0.2, -0.15) is 18.3 Å². The maximum absolute atomic E-state index is 13.0. The van der Waals surface area contributed by atoms with Gasteiger partial charge in [0.1, 0.15) is 11.3 Å². The van der Waals surface area contributed by atoms with Crippen molar-refractivity contribution in [3.8, 4) is 0 Å². The van der Waals surface area contributed by atoms with E-state index in [-0.39, 0.29) is 27.4 Å². The second-order valence-electron chi connectivity index (χ2n) is 5.11. The minimum absolute atomic E-state index is 0.0762. The zero-order valence-corrected chi connectivity index (χ0v) is 13.3. The summed E-state index contributed by atoms with van der Waals surface area (Å²) >= 11 is 5.86. The summed E-state index contributed by atoms with van der Waals surface area (Å²) in [5.74, 6) is -0.612. The summed E-state index contributed by atoms with van der Waals surface area (Å²) in [4.78, 5) is 23.6. The van der Waals surface area contributed by atoms with Crippen LogP contribution in [0.5, 0.6) is 0 Å². The quantitative estimate of drug-likeness (QED) is 0.700. The molecule has 1 N–H and O–H groups in total. The summed E-state index contributed by atoms with van der Waals surface area (Å²) in [6.07, 6.45) is -3.42. The van der Waals surface area contributed by atoms with Crippen LogP contribution in [0.1, 0.15) is 16.1 Å². The van der Waals surface area contributed by atoms with E-state index >= 15 is 0 Å². The number of aryl methyl sites for hydroxylation is 1. The SMILES string of the molecule is Cn1ncc(Cl)c1C(=O)Nc1ccc2c(C(F)(F)F)cc(=O)oc2c1. The minimum atomic E-state index is -4.71. The molecule has 1 aromatic carbocycles. The van der Waals surface area contributed by atoms with Gasteiger partial charge in [0, 0.05) is 30.3 Å². The first kappa shape index (κ1) is 17.0. The molecule has 0 aliphatic rings. The van der Waals surface area contributed by atoms with E-state index in [1.54, 1.807) is 0 Å². The third kappa shape index (κ3) is 3.22. The van der Waals surface area contributed by atoms with Gasteiger partial charge in [-0.3, -0.25) is 9.48 Å². The van der Waals surface area contributed by atoms with Crippen LogP contribution >= 0.6 is 11.6 Å². The number of hydrogen-bond acceptors (Lipinski definition) is 4. The predicted molar refractivity (Wildman–Crippen MR) is 83.7 cm³/mol. The van der Waals surface area contributed by atoms with Gasteiger partial charge >= 0.3 is 11.8 Å². The molecule has 0 aliphatic heterocycles. The molecule has 3 aromatic rings. The van der Waals surface area contributed by atoms with Gasteiger partial charge in [0.15, 0.2) is 0 Å². The average Bonchev–Trinajstić information content (AvgIpc) is 2.84. The lowest BCUT2D eigenvalue weighted by Gasteiger charge is -2.11. The fourth-order valence-electron chi connectivity index (χ4n) is 2.33. The van der Waals surface area contributed by atoms with Crippen molar-refractivity contribution in [3.05, 3.63) is 57.2 Å². The van der Waals surface area contributed by atoms with Crippen molar-refractivity contribution in [2.75, 3.05) is 5.32 Å². The molecule has 6 nitrogen and oxygen atoms in total. The summed E-state index contributed by atoms with van der Waals surface area (Å²) in [6, 6.07) is 3.89. The number of amides is 1. The van der Waals surface area contributed by atoms with E-state index in [2.05, 4.69) is 10.4 Å². The Labute approximate surface area is 142 Å². The molecule has 2 aromatic heterocycles. The lowest BCUT2D eigenvalue weighted by molar-refractivity contribution is -0.136. The van der Waals surface area contributed by atoms with Crippen molar-refractivity contribution in [1.82, 2.24) is 9.78 Å². The molecule has 130 valence electrons. The number of hydrogen-bond donors (Lipinski definition) is 1. The highest BCUT2D eigenvalue weighted by molar-refractivity contribution is 6.34. The normalized spacial score (nSPS) is 11.7. The number of rotatable bonds is 2. The van der Waals surface area contributed by atoms with Crippen LogP contribution in [-0.2, 0) is 13.2 Å². The van der Waals surface area contributed by atoms with E-state index in [9.17, 15) is 22.8 Å². The van der Waals surface area contributed by atoms with E-state index < -0.39 is 23.3 Å². The van der Waals surface area contributed by atoms with Crippen molar-refractivity contribution in [2.24, 2.45) is 7.05 Å². The number of nitrogens with zero attached hydrogens (tertiary/aromatic N) is 2. The zero-order valence-electron chi connectivity index (χ0n) is 12.5. The van der Waals surface area contributed by atoms with Gasteiger partial charge in [-0.1, -0.05) is 11.6 Å². The Morgan fingerprint density at radius 1 is 1.32 bits per heavy atom. The number of aromatic nitrogens is 2. The number of fused-ring (bicyclic) bond motifs is 1. The Balaban J connectivity index is 2.02. The molecule has 3 rings (SSSR count). The molecule has 0 unspecified atom stereocenters. The second kappa shape index (κ2) is 5.92. The predicted octanol–water partition coefficient (Wildman–Crippen LogP) is 3.45. The molecule has 0 aliphatic carbocycles. The molecule has 1 amide bonds. The first-order valence-corrected chi connectivity index (χ1v) is 7.18. The number of halogens is 4. The summed E-state index contributed by atoms with van der Waals surface area (Å²) in [5.41, 5.74) is -2.33. The van der Waals surface area contributed by atoms with Crippen LogP contribution < -0.4 is 10.9 Å². The van der Waals surface area contributed by atoms with Gasteiger partial charge in [0.25, 0.3) is 5.91 Å². The first-order valence-electron chi connectivity index (χ1n) is 6.81. The smallest absolute Gasteiger partial charge is 0.417 e. The maximum atomic E-state index is 13.0. The third-order valence-electron chi connectivity index (χ3n) is 3.42. The van der Waals surface area contributed by atoms with Gasteiger partial charge in [-0.15, -0.1) is 0 Å². The van der Waals surface area contributed by atoms with Crippen LogP contribution in [-0.4, -0.2) is 15.7 Å². The first-order chi connectivity index (χ1) is 11.7. The topological polar surface area (TPSA) is 77.1 Å². The second-order valence-corrected chi connectivity index (χ2v) is 5.51. The number of carbonyl (C=O) groups is 1. The van der Waals surface area contributed by atoms with E-state index in [4.69, 9.17) is 16.0 Å². The van der Waals surface area contributed by atoms with E-state index in [1.165, 1.54) is 24.0 Å². The number of benzene rings is 1. The molecule has 0 atom stereocenters. The lowest BCUT2D eigenvalue weighted by atomic mass is 10.1. The monoisotopic (exact) mass is 371 g/mol. The van der Waals surface area contributed by atoms with Crippen LogP contribution in [0.4, 0.5) is 18.9 Å². The van der Waals surface area contributed by atoms with Crippen molar-refractivity contribution in [3.63, 3.8) is 0 Å². The Bertz CT molecular complexity index is 1020. The van der Waals surface area contributed by atoms with Crippen molar-refractivity contribution >= 4 is 34.2 Å². The molecule has 0 saturated heterocycles. The van der Waals surface area contributed by atoms with Gasteiger partial charge in [-0.25, -0.2) is 4.79 Å². The highest BCUT2D eigenvalue weighted by atomic mass is 35.5. The van der Waals surface area contributed by atoms with Crippen LogP contribution in [0.2, 0.25) is 5.02 Å². The molecule has 0 saturated carbocycles. The fourth-order valence-corrected chi connectivity index (χ4v) is 2.58. The highest BCUT2D eigenvalue weighted by Crippen LogP contribution is 2.34. The van der Waals surface area contributed by atoms with Crippen LogP contribution in [0.15, 0.2) is 39.7 Å². The molecular weight excluding hydrogens is 363 g/mol. The number of carbonyl (C=O) groups excluding carboxylic acids is 1. The van der Waals surface area contributed by atoms with Gasteiger partial charge in [0.2, 0.25) is 0 Å². The Hall–Kier alpha value is -2.81. The van der Waals surface area contributed by atoms with Crippen molar-refractivity contribution in [2.45, 2.75) is 6.18 Å². The Morgan fingerprint density at radius 3 is 2.64 bits per heavy atom. The number of alkyl halides is 3. The largest absolute Gasteiger partial charge is 0.423 e. The van der Waals surface area contributed by atoms with Crippen molar-refractivity contribution in [1.29, 1.82) is 0 Å². The summed E-state index contributed by atoms with van der Waals surface area (Å²) in [5, 5.41) is 6.12. The number of anilines is 1. The lowest BCUT2D eigenvalue weighted by Crippen LogP contribution is -2.17. The summed E-state index contributed by atoms with van der Waals surface area (Å²) in [7, 11) is 1.51. The molecule has 10 heteroatoms. The Kier molecular flexibility index (Phi) is 4.03. The van der Waals surface area contributed by atoms with E-state index in [1.807, 2.05) is 0 Å². The molecule has 0 radical (unpaired) electrons. The minimum Gasteiger partial charge on any atom is -0.423 e. The molecule has 25 heavy (non-hydrogen) atoms. The molecule has 2 heterocycles.